The summed E-state index contributed by atoms with van der Waals surface area (Å²) in [7, 11) is -3.73. The number of rotatable bonds is 8. The molecule has 0 aliphatic carbocycles. The van der Waals surface area contributed by atoms with Gasteiger partial charge in [-0.1, -0.05) is 17.7 Å². The molecule has 0 spiro atoms. The molecule has 2 aromatic carbocycles. The number of aliphatic imine (C=N–C) groups is 1. The molecule has 8 heteroatoms. The highest BCUT2D eigenvalue weighted by Crippen LogP contribution is 2.20. The molecule has 30 heavy (non-hydrogen) atoms. The van der Waals surface area contributed by atoms with E-state index in [1.165, 1.54) is 24.3 Å². The second kappa shape index (κ2) is 10.4. The Bertz CT molecular complexity index is 1070. The molecule has 0 radical (unpaired) electrons. The molecule has 0 aliphatic heterocycles. The zero-order chi connectivity index (χ0) is 22.1. The van der Waals surface area contributed by atoms with Crippen molar-refractivity contribution in [1.29, 1.82) is 0 Å². The Morgan fingerprint density at radius 1 is 1.07 bits per heavy atom. The van der Waals surface area contributed by atoms with Crippen molar-refractivity contribution in [3.63, 3.8) is 0 Å². The van der Waals surface area contributed by atoms with Gasteiger partial charge < -0.3 is 10.6 Å². The summed E-state index contributed by atoms with van der Waals surface area (Å²) in [5, 5.41) is 5.38. The van der Waals surface area contributed by atoms with Gasteiger partial charge in [0, 0.05) is 24.1 Å². The van der Waals surface area contributed by atoms with Gasteiger partial charge in [0.15, 0.2) is 0 Å². The van der Waals surface area contributed by atoms with Crippen molar-refractivity contribution in [2.75, 3.05) is 16.6 Å². The van der Waals surface area contributed by atoms with E-state index in [9.17, 15) is 13.2 Å². The van der Waals surface area contributed by atoms with Gasteiger partial charge in [0.1, 0.15) is 0 Å². The van der Waals surface area contributed by atoms with E-state index in [1.807, 2.05) is 32.9 Å². The van der Waals surface area contributed by atoms with Crippen LogP contribution in [0.3, 0.4) is 0 Å². The fourth-order valence-electron chi connectivity index (χ4n) is 2.46. The maximum absolute atomic E-state index is 12.6. The quantitative estimate of drug-likeness (QED) is 0.431. The predicted octanol–water partition coefficient (Wildman–Crippen LogP) is 4.39. The Labute approximate surface area is 177 Å². The average Bonchev–Trinajstić information content (AvgIpc) is 2.70. The third kappa shape index (κ3) is 6.89. The summed E-state index contributed by atoms with van der Waals surface area (Å²) in [5.74, 6) is 0. The first-order chi connectivity index (χ1) is 14.2. The van der Waals surface area contributed by atoms with Crippen LogP contribution in [-0.2, 0) is 10.0 Å². The van der Waals surface area contributed by atoms with E-state index in [1.54, 1.807) is 24.4 Å². The second-order valence-electron chi connectivity index (χ2n) is 6.77. The molecule has 2 amide bonds. The predicted molar refractivity (Wildman–Crippen MR) is 123 cm³/mol. The van der Waals surface area contributed by atoms with Crippen molar-refractivity contribution in [3.05, 3.63) is 77.5 Å². The van der Waals surface area contributed by atoms with Crippen LogP contribution in [0.2, 0.25) is 0 Å². The number of hydrogen-bond donors (Lipinski definition) is 3. The van der Waals surface area contributed by atoms with Crippen LogP contribution in [-0.4, -0.2) is 27.7 Å². The minimum Gasteiger partial charge on any atom is -0.334 e. The third-order valence-electron chi connectivity index (χ3n) is 4.28. The summed E-state index contributed by atoms with van der Waals surface area (Å²) >= 11 is 0. The normalized spacial score (nSPS) is 11.9. The SMILES string of the molecule is C=N/C=C\C=C(/C)CNC(=O)Nc1ccc(S(=O)(=O)Nc2ccc(C)c(C)c2)cc1. The van der Waals surface area contributed by atoms with Crippen LogP contribution < -0.4 is 15.4 Å². The molecule has 2 rings (SSSR count). The maximum Gasteiger partial charge on any atom is 0.319 e. The molecule has 0 saturated heterocycles. The van der Waals surface area contributed by atoms with Crippen molar-refractivity contribution in [2.24, 2.45) is 4.99 Å². The largest absolute Gasteiger partial charge is 0.334 e. The Kier molecular flexibility index (Phi) is 7.94. The number of aryl methyl sites for hydroxylation is 2. The highest BCUT2D eigenvalue weighted by Gasteiger charge is 2.14. The monoisotopic (exact) mass is 426 g/mol. The van der Waals surface area contributed by atoms with Crippen molar-refractivity contribution < 1.29 is 13.2 Å². The lowest BCUT2D eigenvalue weighted by molar-refractivity contribution is 0.253. The highest BCUT2D eigenvalue weighted by molar-refractivity contribution is 7.92. The number of allylic oxidation sites excluding steroid dienone is 2. The van der Waals surface area contributed by atoms with Crippen molar-refractivity contribution >= 4 is 34.1 Å². The van der Waals surface area contributed by atoms with Crippen LogP contribution in [0.4, 0.5) is 16.2 Å². The Hall–Kier alpha value is -3.39. The van der Waals surface area contributed by atoms with E-state index in [2.05, 4.69) is 27.1 Å². The summed E-state index contributed by atoms with van der Waals surface area (Å²) in [4.78, 5) is 15.7. The standard InChI is InChI=1S/C22H26N4O3S/c1-16(6-5-13-23-4)15-24-22(27)25-19-9-11-21(12-10-19)30(28,29)26-20-8-7-17(2)18(3)14-20/h5-14,26H,4,15H2,1-3H3,(H2,24,25,27)/b13-5-,16-6+. The minimum absolute atomic E-state index is 0.105. The molecule has 0 aliphatic rings. The maximum atomic E-state index is 12.6. The van der Waals surface area contributed by atoms with Crippen molar-refractivity contribution in [1.82, 2.24) is 5.32 Å². The van der Waals surface area contributed by atoms with Gasteiger partial charge in [-0.3, -0.25) is 9.71 Å². The molecule has 0 heterocycles. The van der Waals surface area contributed by atoms with Crippen molar-refractivity contribution in [2.45, 2.75) is 25.7 Å². The summed E-state index contributed by atoms with van der Waals surface area (Å²) in [6.07, 6.45) is 5.10. The van der Waals surface area contributed by atoms with Crippen LogP contribution in [0.1, 0.15) is 18.1 Å². The smallest absolute Gasteiger partial charge is 0.319 e. The van der Waals surface area contributed by atoms with Gasteiger partial charge in [-0.15, -0.1) is 0 Å². The molecule has 0 atom stereocenters. The lowest BCUT2D eigenvalue weighted by Gasteiger charge is -2.11. The number of nitrogens with zero attached hydrogens (tertiary/aromatic N) is 1. The van der Waals surface area contributed by atoms with Gasteiger partial charge in [-0.2, -0.15) is 0 Å². The summed E-state index contributed by atoms with van der Waals surface area (Å²) in [6, 6.07) is 10.9. The number of sulfonamides is 1. The fourth-order valence-corrected chi connectivity index (χ4v) is 3.51. The number of anilines is 2. The number of nitrogens with one attached hydrogen (secondary N) is 3. The molecule has 2 aromatic rings. The molecule has 7 nitrogen and oxygen atoms in total. The molecular formula is C22H26N4O3S. The first-order valence-electron chi connectivity index (χ1n) is 9.24. The van der Waals surface area contributed by atoms with Gasteiger partial charge in [0.2, 0.25) is 0 Å². The first kappa shape index (κ1) is 22.9. The second-order valence-corrected chi connectivity index (χ2v) is 8.46. The number of urea groups is 1. The van der Waals surface area contributed by atoms with E-state index in [0.29, 0.717) is 17.9 Å². The van der Waals surface area contributed by atoms with E-state index in [-0.39, 0.29) is 4.90 Å². The highest BCUT2D eigenvalue weighted by atomic mass is 32.2. The van der Waals surface area contributed by atoms with Gasteiger partial charge in [-0.25, -0.2) is 13.2 Å². The average molecular weight is 427 g/mol. The third-order valence-corrected chi connectivity index (χ3v) is 5.68. The summed E-state index contributed by atoms with van der Waals surface area (Å²) in [5.41, 5.74) is 4.00. The van der Waals surface area contributed by atoms with Gasteiger partial charge >= 0.3 is 6.03 Å². The lowest BCUT2D eigenvalue weighted by atomic mass is 10.1. The van der Waals surface area contributed by atoms with Crippen molar-refractivity contribution in [3.8, 4) is 0 Å². The Balaban J connectivity index is 1.97. The molecule has 0 unspecified atom stereocenters. The van der Waals surface area contributed by atoms with Crippen LogP contribution in [0.5, 0.6) is 0 Å². The van der Waals surface area contributed by atoms with E-state index < -0.39 is 16.1 Å². The summed E-state index contributed by atoms with van der Waals surface area (Å²) < 4.78 is 27.7. The molecule has 0 aromatic heterocycles. The van der Waals surface area contributed by atoms with E-state index >= 15 is 0 Å². The molecule has 0 saturated carbocycles. The number of carbonyl (C=O) groups is 1. The van der Waals surface area contributed by atoms with Crippen LogP contribution in [0, 0.1) is 13.8 Å². The molecule has 0 fully saturated rings. The molecular weight excluding hydrogens is 400 g/mol. The fraction of sp³-hybridized carbons (Fsp3) is 0.182. The zero-order valence-electron chi connectivity index (χ0n) is 17.3. The number of benzene rings is 2. The van der Waals surface area contributed by atoms with E-state index in [0.717, 1.165) is 16.7 Å². The zero-order valence-corrected chi connectivity index (χ0v) is 18.1. The minimum atomic E-state index is -3.73. The lowest BCUT2D eigenvalue weighted by Crippen LogP contribution is -2.30. The van der Waals surface area contributed by atoms with E-state index in [4.69, 9.17) is 0 Å². The van der Waals surface area contributed by atoms with Crippen LogP contribution in [0.15, 0.2) is 76.3 Å². The number of carbonyl (C=O) groups excluding carboxylic acids is 1. The Morgan fingerprint density at radius 3 is 2.37 bits per heavy atom. The molecule has 0 bridgehead atoms. The number of amides is 2. The first-order valence-corrected chi connectivity index (χ1v) is 10.7. The topological polar surface area (TPSA) is 99.7 Å². The van der Waals surface area contributed by atoms with Gasteiger partial charge in [0.25, 0.3) is 10.0 Å². The van der Waals surface area contributed by atoms with Crippen LogP contribution in [0.25, 0.3) is 0 Å². The number of hydrogen-bond acceptors (Lipinski definition) is 4. The van der Waals surface area contributed by atoms with Crippen LogP contribution >= 0.6 is 0 Å². The molecule has 3 N–H and O–H groups in total. The molecule has 158 valence electrons. The van der Waals surface area contributed by atoms with Gasteiger partial charge in [0.05, 0.1) is 4.90 Å². The Morgan fingerprint density at radius 2 is 1.73 bits per heavy atom. The summed E-state index contributed by atoms with van der Waals surface area (Å²) in [6.45, 7) is 9.46. The van der Waals surface area contributed by atoms with Gasteiger partial charge in [-0.05, 0) is 81.1 Å².